The molecule has 0 spiro atoms. The Morgan fingerprint density at radius 1 is 0.800 bits per heavy atom. The van der Waals surface area contributed by atoms with E-state index in [4.69, 9.17) is 18.9 Å². The van der Waals surface area contributed by atoms with E-state index < -0.39 is 35.0 Å². The van der Waals surface area contributed by atoms with Crippen molar-refractivity contribution in [2.24, 2.45) is 50.2 Å². The topological polar surface area (TPSA) is 105 Å². The predicted octanol–water partition coefficient (Wildman–Crippen LogP) is 6.98. The second-order valence-electron chi connectivity index (χ2n) is 17.0. The van der Waals surface area contributed by atoms with Crippen LogP contribution >= 0.6 is 0 Å². The van der Waals surface area contributed by atoms with Gasteiger partial charge in [-0.3, -0.25) is 19.2 Å². The number of carbonyl (C=O) groups excluding carboxylic acids is 4. The Balaban J connectivity index is 1.62. The lowest BCUT2D eigenvalue weighted by atomic mass is 9.33. The average Bonchev–Trinajstić information content (AvgIpc) is 2.93. The molecule has 4 fully saturated rings. The summed E-state index contributed by atoms with van der Waals surface area (Å²) in [5.41, 5.74) is -0.124. The van der Waals surface area contributed by atoms with Crippen LogP contribution in [-0.4, -0.2) is 49.8 Å². The minimum atomic E-state index is -0.753. The van der Waals surface area contributed by atoms with Crippen molar-refractivity contribution >= 4 is 23.9 Å². The number of hydrogen-bond acceptors (Lipinski definition) is 8. The standard InChI is InChI=1S/C37H56O8/c1-22(38)43-21-34(7)28-13-14-36(9)29(33(28,6)20-27(44-23(2)39)30(34)45-24(3)40)12-11-25-26-19-32(4,5)15-17-37(26,31(41)42-10)18-16-35(25,36)8/h11,26-30H,12-21H2,1-10H3/t26-,27+,28+,29+,30-,33-,34-,35+,36+,37-/m0/s1. The maximum Gasteiger partial charge on any atom is 0.312 e. The lowest BCUT2D eigenvalue weighted by Gasteiger charge is -2.71. The van der Waals surface area contributed by atoms with Gasteiger partial charge in [0.25, 0.3) is 0 Å². The van der Waals surface area contributed by atoms with Gasteiger partial charge in [-0.1, -0.05) is 53.2 Å². The number of ether oxygens (including phenoxy) is 4. The number of allylic oxidation sites excluding steroid dienone is 2. The summed E-state index contributed by atoms with van der Waals surface area (Å²) in [7, 11) is 1.54. The molecular weight excluding hydrogens is 572 g/mol. The highest BCUT2D eigenvalue weighted by atomic mass is 16.6. The molecule has 0 aromatic rings. The third kappa shape index (κ3) is 5.06. The quantitative estimate of drug-likeness (QED) is 0.183. The van der Waals surface area contributed by atoms with Crippen LogP contribution in [0.3, 0.4) is 0 Å². The van der Waals surface area contributed by atoms with Crippen LogP contribution < -0.4 is 0 Å². The van der Waals surface area contributed by atoms with Crippen LogP contribution in [0, 0.1) is 50.2 Å². The van der Waals surface area contributed by atoms with Gasteiger partial charge in [-0.05, 0) is 97.2 Å². The van der Waals surface area contributed by atoms with Crippen LogP contribution in [0.1, 0.15) is 120 Å². The second-order valence-corrected chi connectivity index (χ2v) is 17.0. The molecule has 45 heavy (non-hydrogen) atoms. The number of rotatable bonds is 5. The summed E-state index contributed by atoms with van der Waals surface area (Å²) in [5, 5.41) is 0. The molecule has 5 rings (SSSR count). The van der Waals surface area contributed by atoms with Gasteiger partial charge in [0.1, 0.15) is 18.8 Å². The van der Waals surface area contributed by atoms with Crippen molar-refractivity contribution in [2.75, 3.05) is 13.7 Å². The summed E-state index contributed by atoms with van der Waals surface area (Å²) < 4.78 is 23.2. The first kappa shape index (κ1) is 34.0. The first-order valence-corrected chi connectivity index (χ1v) is 17.1. The lowest BCUT2D eigenvalue weighted by Crippen LogP contribution is -2.69. The maximum atomic E-state index is 13.6. The minimum Gasteiger partial charge on any atom is -0.469 e. The molecular formula is C37H56O8. The summed E-state index contributed by atoms with van der Waals surface area (Å²) in [6.45, 7) is 18.2. The van der Waals surface area contributed by atoms with Crippen LogP contribution in [0.15, 0.2) is 11.6 Å². The van der Waals surface area contributed by atoms with Crippen molar-refractivity contribution < 1.29 is 38.1 Å². The summed E-state index contributed by atoms with van der Waals surface area (Å²) in [6.07, 6.45) is 8.94. The molecule has 5 aliphatic carbocycles. The largest absolute Gasteiger partial charge is 0.469 e. The summed E-state index contributed by atoms with van der Waals surface area (Å²) in [6, 6.07) is 0. The summed E-state index contributed by atoms with van der Waals surface area (Å²) in [4.78, 5) is 50.6. The monoisotopic (exact) mass is 628 g/mol. The molecule has 252 valence electrons. The molecule has 0 bridgehead atoms. The summed E-state index contributed by atoms with van der Waals surface area (Å²) in [5.74, 6) is -0.853. The fraction of sp³-hybridized carbons (Fsp3) is 0.838. The molecule has 0 heterocycles. The van der Waals surface area contributed by atoms with Crippen LogP contribution in [0.4, 0.5) is 0 Å². The van der Waals surface area contributed by atoms with E-state index in [1.165, 1.54) is 33.5 Å². The highest BCUT2D eigenvalue weighted by Gasteiger charge is 2.71. The maximum absolute atomic E-state index is 13.6. The van der Waals surface area contributed by atoms with Gasteiger partial charge in [-0.2, -0.15) is 0 Å². The normalized spacial score (nSPS) is 44.8. The van der Waals surface area contributed by atoms with Crippen LogP contribution in [0.2, 0.25) is 0 Å². The van der Waals surface area contributed by atoms with Crippen molar-refractivity contribution in [3.05, 3.63) is 11.6 Å². The Labute approximate surface area is 269 Å². The molecule has 0 radical (unpaired) electrons. The number of methoxy groups -OCH3 is 1. The highest BCUT2D eigenvalue weighted by molar-refractivity contribution is 5.78. The van der Waals surface area contributed by atoms with Gasteiger partial charge < -0.3 is 18.9 Å². The third-order valence-corrected chi connectivity index (χ3v) is 14.1. The van der Waals surface area contributed by atoms with Gasteiger partial charge in [-0.25, -0.2) is 0 Å². The number of esters is 4. The van der Waals surface area contributed by atoms with Crippen molar-refractivity contribution in [3.8, 4) is 0 Å². The van der Waals surface area contributed by atoms with Crippen molar-refractivity contribution in [3.63, 3.8) is 0 Å². The van der Waals surface area contributed by atoms with Crippen LogP contribution in [0.5, 0.6) is 0 Å². The van der Waals surface area contributed by atoms with E-state index in [9.17, 15) is 19.2 Å². The Bertz CT molecular complexity index is 1280. The Morgan fingerprint density at radius 2 is 1.44 bits per heavy atom. The Morgan fingerprint density at radius 3 is 2.04 bits per heavy atom. The average molecular weight is 629 g/mol. The van der Waals surface area contributed by atoms with E-state index in [2.05, 4.69) is 40.7 Å². The molecule has 0 amide bonds. The highest BCUT2D eigenvalue weighted by Crippen LogP contribution is 2.76. The third-order valence-electron chi connectivity index (χ3n) is 14.1. The van der Waals surface area contributed by atoms with Gasteiger partial charge in [0, 0.05) is 26.2 Å². The predicted molar refractivity (Wildman–Crippen MR) is 169 cm³/mol. The van der Waals surface area contributed by atoms with Crippen LogP contribution in [-0.2, 0) is 38.1 Å². The minimum absolute atomic E-state index is 0.0526. The molecule has 8 nitrogen and oxygen atoms in total. The molecule has 8 heteroatoms. The zero-order valence-corrected chi connectivity index (χ0v) is 29.3. The van der Waals surface area contributed by atoms with Gasteiger partial charge in [0.05, 0.1) is 12.5 Å². The lowest BCUT2D eigenvalue weighted by molar-refractivity contribution is -0.255. The fourth-order valence-electron chi connectivity index (χ4n) is 11.9. The van der Waals surface area contributed by atoms with E-state index in [1.54, 1.807) is 0 Å². The molecule has 0 N–H and O–H groups in total. The molecule has 10 atom stereocenters. The molecule has 5 aliphatic rings. The molecule has 0 aliphatic heterocycles. The van der Waals surface area contributed by atoms with E-state index in [0.717, 1.165) is 51.4 Å². The Hall–Kier alpha value is -2.38. The zero-order chi connectivity index (χ0) is 33.4. The Kier molecular flexibility index (Phi) is 8.39. The zero-order valence-electron chi connectivity index (χ0n) is 29.3. The number of carbonyl (C=O) groups is 4. The van der Waals surface area contributed by atoms with E-state index >= 15 is 0 Å². The fourth-order valence-corrected chi connectivity index (χ4v) is 11.9. The van der Waals surface area contributed by atoms with Gasteiger partial charge in [0.2, 0.25) is 0 Å². The second kappa shape index (κ2) is 11.1. The van der Waals surface area contributed by atoms with Crippen molar-refractivity contribution in [1.29, 1.82) is 0 Å². The van der Waals surface area contributed by atoms with E-state index in [0.29, 0.717) is 6.42 Å². The van der Waals surface area contributed by atoms with E-state index in [1.807, 2.05) is 6.92 Å². The molecule has 0 unspecified atom stereocenters. The first-order chi connectivity index (χ1) is 20.8. The summed E-state index contributed by atoms with van der Waals surface area (Å²) >= 11 is 0. The SMILES string of the molecule is COC(=O)[C@]12CCC(C)(C)C[C@H]1C1=CC[C@@H]3[C@@]4(C)C[C@@H](OC(C)=O)[C@H](OC(C)=O)[C@@](C)(COC(C)=O)[C@@H]4CC[C@@]3(C)[C@]1(C)CC2. The van der Waals surface area contributed by atoms with Gasteiger partial charge in [-0.15, -0.1) is 0 Å². The first-order valence-electron chi connectivity index (χ1n) is 17.1. The molecule has 0 saturated heterocycles. The molecule has 4 saturated carbocycles. The number of fused-ring (bicyclic) bond motifs is 7. The van der Waals surface area contributed by atoms with Crippen molar-refractivity contribution in [1.82, 2.24) is 0 Å². The van der Waals surface area contributed by atoms with Gasteiger partial charge in [0.15, 0.2) is 0 Å². The van der Waals surface area contributed by atoms with Gasteiger partial charge >= 0.3 is 23.9 Å². The number of hydrogen-bond donors (Lipinski definition) is 0. The van der Waals surface area contributed by atoms with Crippen LogP contribution in [0.25, 0.3) is 0 Å². The smallest absolute Gasteiger partial charge is 0.312 e. The molecule has 0 aromatic heterocycles. The van der Waals surface area contributed by atoms with E-state index in [-0.39, 0.29) is 58.0 Å². The van der Waals surface area contributed by atoms with Crippen molar-refractivity contribution in [2.45, 2.75) is 132 Å². The molecule has 0 aromatic carbocycles.